The van der Waals surface area contributed by atoms with Gasteiger partial charge in [0.15, 0.2) is 0 Å². The van der Waals surface area contributed by atoms with Crippen LogP contribution in [-0.2, 0) is 6.42 Å². The second kappa shape index (κ2) is 5.06. The third kappa shape index (κ3) is 2.32. The zero-order valence-corrected chi connectivity index (χ0v) is 11.8. The van der Waals surface area contributed by atoms with E-state index in [2.05, 4.69) is 29.3 Å². The van der Waals surface area contributed by atoms with Gasteiger partial charge in [-0.1, -0.05) is 6.92 Å². The summed E-state index contributed by atoms with van der Waals surface area (Å²) in [5.41, 5.74) is 3.74. The van der Waals surface area contributed by atoms with E-state index in [1.807, 2.05) is 6.07 Å². The summed E-state index contributed by atoms with van der Waals surface area (Å²) in [6, 6.07) is 3.37. The number of hydrogen-bond donors (Lipinski definition) is 2. The Kier molecular flexibility index (Phi) is 3.41. The second-order valence-corrected chi connectivity index (χ2v) is 5.82. The minimum atomic E-state index is 0.493. The molecule has 0 radical (unpaired) electrons. The van der Waals surface area contributed by atoms with Crippen molar-refractivity contribution in [2.45, 2.75) is 57.0 Å². The molecule has 2 bridgehead atoms. The van der Waals surface area contributed by atoms with Crippen LogP contribution in [-0.4, -0.2) is 34.0 Å². The summed E-state index contributed by atoms with van der Waals surface area (Å²) in [6.07, 6.45) is 5.94. The summed E-state index contributed by atoms with van der Waals surface area (Å²) in [7, 11) is 2.26. The van der Waals surface area contributed by atoms with Gasteiger partial charge in [0, 0.05) is 29.8 Å². The summed E-state index contributed by atoms with van der Waals surface area (Å²) in [5, 5.41) is 0. The van der Waals surface area contributed by atoms with Gasteiger partial charge in [0.1, 0.15) is 11.6 Å². The smallest absolute Gasteiger partial charge is 0.143 e. The van der Waals surface area contributed by atoms with Gasteiger partial charge in [0.2, 0.25) is 0 Å². The minimum absolute atomic E-state index is 0.493. The molecular formula is C14H23N5. The van der Waals surface area contributed by atoms with Crippen LogP contribution in [0, 0.1) is 0 Å². The van der Waals surface area contributed by atoms with Crippen molar-refractivity contribution in [2.75, 3.05) is 12.5 Å². The van der Waals surface area contributed by atoms with Crippen molar-refractivity contribution < 1.29 is 0 Å². The molecule has 2 unspecified atom stereocenters. The average molecular weight is 261 g/mol. The molecule has 5 nitrogen and oxygen atoms in total. The lowest BCUT2D eigenvalue weighted by molar-refractivity contribution is 0.159. The fourth-order valence-corrected chi connectivity index (χ4v) is 3.58. The van der Waals surface area contributed by atoms with Crippen LogP contribution in [0.2, 0.25) is 0 Å². The number of anilines is 1. The number of nitrogens with one attached hydrogen (secondary N) is 1. The number of nitrogens with two attached hydrogens (primary N) is 1. The van der Waals surface area contributed by atoms with Gasteiger partial charge in [-0.2, -0.15) is 0 Å². The lowest BCUT2D eigenvalue weighted by Crippen LogP contribution is -2.39. The first-order chi connectivity index (χ1) is 9.21. The number of nitrogens with zero attached hydrogens (tertiary/aromatic N) is 3. The van der Waals surface area contributed by atoms with Gasteiger partial charge < -0.3 is 10.3 Å². The predicted molar refractivity (Wildman–Crippen MR) is 75.8 cm³/mol. The number of fused-ring (bicyclic) bond motifs is 2. The molecule has 0 aromatic carbocycles. The van der Waals surface area contributed by atoms with E-state index >= 15 is 0 Å². The van der Waals surface area contributed by atoms with Crippen molar-refractivity contribution in [1.82, 2.24) is 14.9 Å². The zero-order chi connectivity index (χ0) is 13.4. The van der Waals surface area contributed by atoms with Crippen molar-refractivity contribution in [3.8, 4) is 0 Å². The SMILES string of the molecule is CCc1cc(NN)nc(C2CC3CCC(C2)N3C)n1. The molecule has 2 aliphatic heterocycles. The topological polar surface area (TPSA) is 67.1 Å². The number of piperidine rings is 1. The summed E-state index contributed by atoms with van der Waals surface area (Å²) < 4.78 is 0. The van der Waals surface area contributed by atoms with Crippen LogP contribution in [0.1, 0.15) is 50.0 Å². The van der Waals surface area contributed by atoms with Crippen LogP contribution < -0.4 is 11.3 Å². The number of hydrogen-bond acceptors (Lipinski definition) is 5. The number of aryl methyl sites for hydroxylation is 1. The fraction of sp³-hybridized carbons (Fsp3) is 0.714. The van der Waals surface area contributed by atoms with Gasteiger partial charge >= 0.3 is 0 Å². The monoisotopic (exact) mass is 261 g/mol. The quantitative estimate of drug-likeness (QED) is 0.640. The highest BCUT2D eigenvalue weighted by atomic mass is 15.3. The van der Waals surface area contributed by atoms with E-state index in [1.54, 1.807) is 0 Å². The molecule has 1 aromatic heterocycles. The molecule has 19 heavy (non-hydrogen) atoms. The van der Waals surface area contributed by atoms with Gasteiger partial charge in [-0.15, -0.1) is 0 Å². The highest BCUT2D eigenvalue weighted by Gasteiger charge is 2.39. The summed E-state index contributed by atoms with van der Waals surface area (Å²) in [6.45, 7) is 2.12. The molecule has 1 aromatic rings. The number of hydrazine groups is 1. The van der Waals surface area contributed by atoms with Crippen molar-refractivity contribution in [3.05, 3.63) is 17.6 Å². The summed E-state index contributed by atoms with van der Waals surface area (Å²) in [4.78, 5) is 11.8. The summed E-state index contributed by atoms with van der Waals surface area (Å²) >= 11 is 0. The van der Waals surface area contributed by atoms with E-state index in [1.165, 1.54) is 25.7 Å². The number of aromatic nitrogens is 2. The van der Waals surface area contributed by atoms with Crippen LogP contribution in [0.25, 0.3) is 0 Å². The first kappa shape index (κ1) is 12.8. The highest BCUT2D eigenvalue weighted by molar-refractivity contribution is 5.35. The van der Waals surface area contributed by atoms with Crippen LogP contribution >= 0.6 is 0 Å². The largest absolute Gasteiger partial charge is 0.308 e. The van der Waals surface area contributed by atoms with Crippen molar-refractivity contribution in [1.29, 1.82) is 0 Å². The maximum atomic E-state index is 5.51. The Balaban J connectivity index is 1.86. The number of nitrogen functional groups attached to an aromatic ring is 1. The Labute approximate surface area is 114 Å². The highest BCUT2D eigenvalue weighted by Crippen LogP contribution is 2.41. The lowest BCUT2D eigenvalue weighted by atomic mass is 9.90. The molecule has 3 heterocycles. The predicted octanol–water partition coefficient (Wildman–Crippen LogP) is 1.66. The first-order valence-electron chi connectivity index (χ1n) is 7.27. The molecular weight excluding hydrogens is 238 g/mol. The van der Waals surface area contributed by atoms with Gasteiger partial charge in [0.25, 0.3) is 0 Å². The molecule has 3 N–H and O–H groups in total. The average Bonchev–Trinajstić information content (AvgIpc) is 2.68. The van der Waals surface area contributed by atoms with Gasteiger partial charge in [0.05, 0.1) is 0 Å². The fourth-order valence-electron chi connectivity index (χ4n) is 3.58. The molecule has 2 fully saturated rings. The van der Waals surface area contributed by atoms with Crippen LogP contribution in [0.4, 0.5) is 5.82 Å². The lowest BCUT2D eigenvalue weighted by Gasteiger charge is -2.35. The molecule has 0 spiro atoms. The minimum Gasteiger partial charge on any atom is -0.308 e. The molecule has 3 rings (SSSR count). The Morgan fingerprint density at radius 3 is 2.58 bits per heavy atom. The third-order valence-electron chi connectivity index (χ3n) is 4.77. The van der Waals surface area contributed by atoms with Crippen LogP contribution in [0.5, 0.6) is 0 Å². The van der Waals surface area contributed by atoms with E-state index in [4.69, 9.17) is 10.8 Å². The molecule has 2 atom stereocenters. The molecule has 0 aliphatic carbocycles. The van der Waals surface area contributed by atoms with Crippen LogP contribution in [0.15, 0.2) is 6.07 Å². The first-order valence-corrected chi connectivity index (χ1v) is 7.27. The Bertz CT molecular complexity index is 425. The molecule has 0 amide bonds. The molecule has 2 aliphatic rings. The van der Waals surface area contributed by atoms with E-state index in [0.717, 1.165) is 23.8 Å². The molecule has 0 saturated carbocycles. The van der Waals surface area contributed by atoms with E-state index in [0.29, 0.717) is 18.0 Å². The van der Waals surface area contributed by atoms with Crippen LogP contribution in [0.3, 0.4) is 0 Å². The molecule has 2 saturated heterocycles. The van der Waals surface area contributed by atoms with Gasteiger partial charge in [-0.25, -0.2) is 15.8 Å². The maximum absolute atomic E-state index is 5.51. The van der Waals surface area contributed by atoms with E-state index < -0.39 is 0 Å². The Morgan fingerprint density at radius 1 is 1.32 bits per heavy atom. The Morgan fingerprint density at radius 2 is 2.00 bits per heavy atom. The maximum Gasteiger partial charge on any atom is 0.143 e. The Hall–Kier alpha value is -1.20. The van der Waals surface area contributed by atoms with E-state index in [9.17, 15) is 0 Å². The van der Waals surface area contributed by atoms with Gasteiger partial charge in [-0.3, -0.25) is 0 Å². The standard InChI is InChI=1S/C14H23N5/c1-3-10-8-13(18-15)17-14(16-10)9-6-11-4-5-12(7-9)19(11)2/h8-9,11-12H,3-7,15H2,1-2H3,(H,16,17,18). The van der Waals surface area contributed by atoms with Crippen molar-refractivity contribution in [2.24, 2.45) is 5.84 Å². The summed E-state index contributed by atoms with van der Waals surface area (Å²) in [5.74, 6) is 7.73. The van der Waals surface area contributed by atoms with E-state index in [-0.39, 0.29) is 0 Å². The molecule has 5 heteroatoms. The zero-order valence-electron chi connectivity index (χ0n) is 11.8. The molecule has 104 valence electrons. The van der Waals surface area contributed by atoms with Crippen molar-refractivity contribution >= 4 is 5.82 Å². The second-order valence-electron chi connectivity index (χ2n) is 5.82. The number of rotatable bonds is 3. The normalized spacial score (nSPS) is 30.6. The van der Waals surface area contributed by atoms with Gasteiger partial charge in [-0.05, 0) is 39.2 Å². The van der Waals surface area contributed by atoms with Crippen molar-refractivity contribution in [3.63, 3.8) is 0 Å². The third-order valence-corrected chi connectivity index (χ3v) is 4.77.